The summed E-state index contributed by atoms with van der Waals surface area (Å²) in [5.41, 5.74) is 4.02. The fourth-order valence-electron chi connectivity index (χ4n) is 1.33. The summed E-state index contributed by atoms with van der Waals surface area (Å²) < 4.78 is 60.3. The van der Waals surface area contributed by atoms with Crippen molar-refractivity contribution >= 4 is 15.7 Å². The number of sulfonamides is 1. The first-order valence-corrected chi connectivity index (χ1v) is 6.39. The van der Waals surface area contributed by atoms with Gasteiger partial charge in [0, 0.05) is 18.8 Å². The molecule has 18 heavy (non-hydrogen) atoms. The lowest BCUT2D eigenvalue weighted by molar-refractivity contribution is -0.139. The predicted octanol–water partition coefficient (Wildman–Crippen LogP) is 0.723. The summed E-state index contributed by atoms with van der Waals surface area (Å²) in [4.78, 5) is -0.951. The van der Waals surface area contributed by atoms with Crippen LogP contribution >= 0.6 is 0 Å². The van der Waals surface area contributed by atoms with Gasteiger partial charge in [0.15, 0.2) is 0 Å². The van der Waals surface area contributed by atoms with Crippen molar-refractivity contribution in [3.05, 3.63) is 23.8 Å². The van der Waals surface area contributed by atoms with Gasteiger partial charge >= 0.3 is 6.18 Å². The molecule has 0 radical (unpaired) electrons. The van der Waals surface area contributed by atoms with E-state index in [-0.39, 0.29) is 18.8 Å². The largest absolute Gasteiger partial charge is 0.417 e. The monoisotopic (exact) mass is 283 g/mol. The molecule has 0 unspecified atom stereocenters. The fourth-order valence-corrected chi connectivity index (χ4v) is 2.06. The molecule has 0 heterocycles. The van der Waals surface area contributed by atoms with Crippen LogP contribution in [0.4, 0.5) is 18.9 Å². The Labute approximate surface area is 102 Å². The molecular weight excluding hydrogens is 271 g/mol. The SMILES string of the molecule is NCCNc1ccc(S(N)(=O)=O)c(C(F)(F)F)c1. The summed E-state index contributed by atoms with van der Waals surface area (Å²) in [5, 5.41) is 7.36. The van der Waals surface area contributed by atoms with E-state index >= 15 is 0 Å². The first-order valence-electron chi connectivity index (χ1n) is 4.84. The van der Waals surface area contributed by atoms with Gasteiger partial charge in [-0.3, -0.25) is 0 Å². The lowest BCUT2D eigenvalue weighted by atomic mass is 10.2. The molecule has 1 rings (SSSR count). The summed E-state index contributed by atoms with van der Waals surface area (Å²) in [6, 6.07) is 2.71. The number of hydrogen-bond donors (Lipinski definition) is 3. The minimum Gasteiger partial charge on any atom is -0.384 e. The zero-order chi connectivity index (χ0) is 14.0. The lowest BCUT2D eigenvalue weighted by Gasteiger charge is -2.13. The van der Waals surface area contributed by atoms with E-state index < -0.39 is 26.7 Å². The quantitative estimate of drug-likeness (QED) is 0.758. The third-order valence-corrected chi connectivity index (χ3v) is 3.03. The standard InChI is InChI=1S/C9H12F3N3O2S/c10-9(11,12)7-5-6(15-4-3-13)1-2-8(7)18(14,16)17/h1-2,5,15H,3-4,13H2,(H2,14,16,17). The molecule has 102 valence electrons. The molecule has 0 aromatic heterocycles. The third-order valence-electron chi connectivity index (χ3n) is 2.06. The molecular formula is C9H12F3N3O2S. The molecule has 0 atom stereocenters. The zero-order valence-corrected chi connectivity index (χ0v) is 9.98. The van der Waals surface area contributed by atoms with Crippen LogP contribution in [0, 0.1) is 0 Å². The van der Waals surface area contributed by atoms with Crippen LogP contribution in [0.5, 0.6) is 0 Å². The van der Waals surface area contributed by atoms with Crippen molar-refractivity contribution < 1.29 is 21.6 Å². The van der Waals surface area contributed by atoms with Crippen LogP contribution in [0.25, 0.3) is 0 Å². The summed E-state index contributed by atoms with van der Waals surface area (Å²) in [5.74, 6) is 0. The number of hydrogen-bond acceptors (Lipinski definition) is 4. The van der Waals surface area contributed by atoms with Crippen molar-refractivity contribution in [1.29, 1.82) is 0 Å². The van der Waals surface area contributed by atoms with Crippen molar-refractivity contribution in [3.63, 3.8) is 0 Å². The summed E-state index contributed by atoms with van der Waals surface area (Å²) >= 11 is 0. The van der Waals surface area contributed by atoms with Crippen LogP contribution in [-0.4, -0.2) is 21.5 Å². The molecule has 0 saturated heterocycles. The van der Waals surface area contributed by atoms with E-state index in [0.29, 0.717) is 6.07 Å². The Morgan fingerprint density at radius 1 is 1.28 bits per heavy atom. The number of nitrogens with one attached hydrogen (secondary N) is 1. The molecule has 5 N–H and O–H groups in total. The minimum absolute atomic E-state index is 0.125. The van der Waals surface area contributed by atoms with E-state index in [1.54, 1.807) is 0 Å². The highest BCUT2D eigenvalue weighted by atomic mass is 32.2. The smallest absolute Gasteiger partial charge is 0.384 e. The Bertz CT molecular complexity index is 528. The second-order valence-electron chi connectivity index (χ2n) is 3.47. The summed E-state index contributed by atoms with van der Waals surface area (Å²) in [6.07, 6.45) is -4.80. The molecule has 1 aromatic carbocycles. The van der Waals surface area contributed by atoms with E-state index in [1.807, 2.05) is 0 Å². The van der Waals surface area contributed by atoms with Crippen molar-refractivity contribution in [2.75, 3.05) is 18.4 Å². The average Bonchev–Trinajstić information content (AvgIpc) is 2.23. The van der Waals surface area contributed by atoms with Crippen LogP contribution in [0.2, 0.25) is 0 Å². The van der Waals surface area contributed by atoms with E-state index in [1.165, 1.54) is 6.07 Å². The second kappa shape index (κ2) is 5.12. The van der Waals surface area contributed by atoms with Gasteiger partial charge in [0.1, 0.15) is 0 Å². The molecule has 1 aromatic rings. The van der Waals surface area contributed by atoms with Crippen molar-refractivity contribution in [1.82, 2.24) is 0 Å². The van der Waals surface area contributed by atoms with Crippen LogP contribution in [0.1, 0.15) is 5.56 Å². The average molecular weight is 283 g/mol. The van der Waals surface area contributed by atoms with E-state index in [2.05, 4.69) is 5.32 Å². The maximum Gasteiger partial charge on any atom is 0.417 e. The van der Waals surface area contributed by atoms with Gasteiger partial charge in [0.25, 0.3) is 0 Å². The van der Waals surface area contributed by atoms with E-state index in [0.717, 1.165) is 6.07 Å². The van der Waals surface area contributed by atoms with Crippen LogP contribution in [-0.2, 0) is 16.2 Å². The van der Waals surface area contributed by atoms with Crippen LogP contribution in [0.3, 0.4) is 0 Å². The molecule has 0 saturated carbocycles. The lowest BCUT2D eigenvalue weighted by Crippen LogP contribution is -2.20. The van der Waals surface area contributed by atoms with Gasteiger partial charge in [-0.1, -0.05) is 0 Å². The molecule has 0 aliphatic heterocycles. The second-order valence-corrected chi connectivity index (χ2v) is 5.00. The van der Waals surface area contributed by atoms with E-state index in [4.69, 9.17) is 10.9 Å². The number of halogens is 3. The number of alkyl halides is 3. The molecule has 0 aliphatic rings. The number of benzene rings is 1. The molecule has 5 nitrogen and oxygen atoms in total. The Hall–Kier alpha value is -1.32. The summed E-state index contributed by atoms with van der Waals surface area (Å²) in [6.45, 7) is 0.504. The Morgan fingerprint density at radius 2 is 1.89 bits per heavy atom. The van der Waals surface area contributed by atoms with Gasteiger partial charge in [-0.25, -0.2) is 13.6 Å². The molecule has 0 fully saturated rings. The Kier molecular flexibility index (Phi) is 4.20. The molecule has 0 amide bonds. The van der Waals surface area contributed by atoms with E-state index in [9.17, 15) is 21.6 Å². The maximum absolute atomic E-state index is 12.7. The minimum atomic E-state index is -4.80. The van der Waals surface area contributed by atoms with Gasteiger partial charge < -0.3 is 11.1 Å². The highest BCUT2D eigenvalue weighted by molar-refractivity contribution is 7.89. The molecule has 0 spiro atoms. The van der Waals surface area contributed by atoms with Gasteiger partial charge in [-0.2, -0.15) is 13.2 Å². The number of nitrogens with two attached hydrogens (primary N) is 2. The van der Waals surface area contributed by atoms with Crippen LogP contribution in [0.15, 0.2) is 23.1 Å². The maximum atomic E-state index is 12.7. The third kappa shape index (κ3) is 3.59. The molecule has 0 bridgehead atoms. The topological polar surface area (TPSA) is 98.2 Å². The zero-order valence-electron chi connectivity index (χ0n) is 9.16. The number of anilines is 1. The van der Waals surface area contributed by atoms with Crippen molar-refractivity contribution in [2.45, 2.75) is 11.1 Å². The van der Waals surface area contributed by atoms with Gasteiger partial charge in [-0.05, 0) is 18.2 Å². The van der Waals surface area contributed by atoms with Gasteiger partial charge in [0.2, 0.25) is 10.0 Å². The first kappa shape index (κ1) is 14.7. The van der Waals surface area contributed by atoms with Crippen molar-refractivity contribution in [2.24, 2.45) is 10.9 Å². The number of primary sulfonamides is 1. The molecule has 0 aliphatic carbocycles. The first-order chi connectivity index (χ1) is 8.16. The highest BCUT2D eigenvalue weighted by Crippen LogP contribution is 2.35. The van der Waals surface area contributed by atoms with Crippen molar-refractivity contribution in [3.8, 4) is 0 Å². The molecule has 9 heteroatoms. The van der Waals surface area contributed by atoms with Gasteiger partial charge in [-0.15, -0.1) is 0 Å². The number of rotatable bonds is 4. The highest BCUT2D eigenvalue weighted by Gasteiger charge is 2.36. The predicted molar refractivity (Wildman–Crippen MR) is 60.4 cm³/mol. The fraction of sp³-hybridized carbons (Fsp3) is 0.333. The normalized spacial score (nSPS) is 12.5. The van der Waals surface area contributed by atoms with Gasteiger partial charge in [0.05, 0.1) is 10.5 Å². The summed E-state index contributed by atoms with van der Waals surface area (Å²) in [7, 11) is -4.43. The Balaban J connectivity index is 3.31. The Morgan fingerprint density at radius 3 is 2.33 bits per heavy atom. The van der Waals surface area contributed by atoms with Crippen LogP contribution < -0.4 is 16.2 Å².